The van der Waals surface area contributed by atoms with Gasteiger partial charge in [0.15, 0.2) is 4.77 Å². The van der Waals surface area contributed by atoms with Gasteiger partial charge in [0.1, 0.15) is 11.5 Å². The van der Waals surface area contributed by atoms with Gasteiger partial charge in [0.05, 0.1) is 19.9 Å². The first-order valence-corrected chi connectivity index (χ1v) is 9.30. The molecule has 148 valence electrons. The van der Waals surface area contributed by atoms with Crippen LogP contribution in [0.5, 0.6) is 11.5 Å². The number of ether oxygens (including phenoxy) is 2. The molecule has 2 heterocycles. The summed E-state index contributed by atoms with van der Waals surface area (Å²) in [6.07, 6.45) is 3.39. The van der Waals surface area contributed by atoms with E-state index in [-0.39, 0.29) is 18.0 Å². The maximum Gasteiger partial charge on any atom is 0.252 e. The van der Waals surface area contributed by atoms with E-state index >= 15 is 0 Å². The Hall–Kier alpha value is -1.83. The van der Waals surface area contributed by atoms with E-state index in [9.17, 15) is 4.79 Å². The summed E-state index contributed by atoms with van der Waals surface area (Å²) in [7, 11) is 3.22. The normalized spacial score (nSPS) is 14.4. The van der Waals surface area contributed by atoms with Gasteiger partial charge < -0.3 is 19.4 Å². The Kier molecular flexibility index (Phi) is 7.89. The molecular weight excluding hydrogens is 386 g/mol. The number of methoxy groups -OCH3 is 2. The standard InChI is InChI=1S/C19H25N3O3S.ClH/c1-24-14-3-4-15(17(11-14)25-2)16-12-18(23)21-19(26)22(16)10-7-13-5-8-20-9-6-13;/h3-4,11-13,20H,5-10H2,1-2H3,(H,21,23,26);1H. The number of nitrogens with one attached hydrogen (secondary N) is 2. The van der Waals surface area contributed by atoms with Crippen LogP contribution < -0.4 is 20.3 Å². The van der Waals surface area contributed by atoms with Crippen molar-refractivity contribution < 1.29 is 9.47 Å². The number of piperidine rings is 1. The van der Waals surface area contributed by atoms with E-state index in [1.54, 1.807) is 20.3 Å². The second-order valence-corrected chi connectivity index (χ2v) is 6.91. The molecular formula is C19H26ClN3O3S. The fourth-order valence-electron chi connectivity index (χ4n) is 3.46. The number of nitrogens with zero attached hydrogens (tertiary/aromatic N) is 1. The van der Waals surface area contributed by atoms with Crippen molar-refractivity contribution in [2.75, 3.05) is 27.3 Å². The molecule has 1 aromatic carbocycles. The van der Waals surface area contributed by atoms with Crippen LogP contribution in [-0.2, 0) is 6.54 Å². The third-order valence-electron chi connectivity index (χ3n) is 4.94. The molecule has 3 rings (SSSR count). The van der Waals surface area contributed by atoms with Crippen LogP contribution in [-0.4, -0.2) is 36.9 Å². The SMILES string of the molecule is COc1ccc(-c2cc(=O)[nH]c(=S)n2CCC2CCNCC2)c(OC)c1.Cl. The van der Waals surface area contributed by atoms with Gasteiger partial charge in [0, 0.05) is 24.2 Å². The fraction of sp³-hybridized carbons (Fsp3) is 0.474. The van der Waals surface area contributed by atoms with E-state index in [4.69, 9.17) is 21.7 Å². The number of aromatic nitrogens is 2. The summed E-state index contributed by atoms with van der Waals surface area (Å²) < 4.78 is 13.2. The Labute approximate surface area is 170 Å². The minimum absolute atomic E-state index is 0. The Morgan fingerprint density at radius 2 is 1.93 bits per heavy atom. The Bertz CT molecular complexity index is 875. The molecule has 1 aliphatic heterocycles. The van der Waals surface area contributed by atoms with Gasteiger partial charge in [-0.2, -0.15) is 0 Å². The molecule has 6 nitrogen and oxygen atoms in total. The summed E-state index contributed by atoms with van der Waals surface area (Å²) in [5.74, 6) is 2.03. The molecule has 1 aromatic heterocycles. The second-order valence-electron chi connectivity index (χ2n) is 6.52. The van der Waals surface area contributed by atoms with Crippen molar-refractivity contribution in [3.8, 4) is 22.8 Å². The number of hydrogen-bond donors (Lipinski definition) is 2. The highest BCUT2D eigenvalue weighted by Crippen LogP contribution is 2.33. The van der Waals surface area contributed by atoms with Gasteiger partial charge in [-0.05, 0) is 62.6 Å². The molecule has 0 radical (unpaired) electrons. The number of H-pyrrole nitrogens is 1. The minimum atomic E-state index is -0.207. The van der Waals surface area contributed by atoms with E-state index < -0.39 is 0 Å². The lowest BCUT2D eigenvalue weighted by Gasteiger charge is -2.24. The molecule has 0 spiro atoms. The van der Waals surface area contributed by atoms with Crippen molar-refractivity contribution >= 4 is 24.6 Å². The van der Waals surface area contributed by atoms with E-state index in [1.807, 2.05) is 22.8 Å². The van der Waals surface area contributed by atoms with Gasteiger partial charge in [-0.15, -0.1) is 12.4 Å². The average Bonchev–Trinajstić information content (AvgIpc) is 2.67. The first-order chi connectivity index (χ1) is 12.6. The monoisotopic (exact) mass is 411 g/mol. The highest BCUT2D eigenvalue weighted by atomic mass is 35.5. The molecule has 1 saturated heterocycles. The van der Waals surface area contributed by atoms with Gasteiger partial charge in [0.2, 0.25) is 0 Å². The first-order valence-electron chi connectivity index (χ1n) is 8.89. The molecule has 0 bridgehead atoms. The van der Waals surface area contributed by atoms with Crippen molar-refractivity contribution in [1.82, 2.24) is 14.9 Å². The average molecular weight is 412 g/mol. The predicted molar refractivity (Wildman–Crippen MR) is 112 cm³/mol. The zero-order valence-electron chi connectivity index (χ0n) is 15.6. The van der Waals surface area contributed by atoms with Crippen molar-refractivity contribution in [1.29, 1.82) is 0 Å². The first kappa shape index (κ1) is 21.5. The predicted octanol–water partition coefficient (Wildman–Crippen LogP) is 3.40. The molecule has 8 heteroatoms. The van der Waals surface area contributed by atoms with Crippen molar-refractivity contribution in [2.24, 2.45) is 5.92 Å². The summed E-state index contributed by atoms with van der Waals surface area (Å²) in [5.41, 5.74) is 1.39. The van der Waals surface area contributed by atoms with E-state index in [1.165, 1.54) is 12.8 Å². The van der Waals surface area contributed by atoms with Crippen molar-refractivity contribution in [3.63, 3.8) is 0 Å². The van der Waals surface area contributed by atoms with Crippen molar-refractivity contribution in [2.45, 2.75) is 25.8 Å². The van der Waals surface area contributed by atoms with Crippen LogP contribution in [0.15, 0.2) is 29.1 Å². The highest BCUT2D eigenvalue weighted by Gasteiger charge is 2.16. The maximum atomic E-state index is 12.1. The van der Waals surface area contributed by atoms with Gasteiger partial charge in [-0.1, -0.05) is 0 Å². The zero-order chi connectivity index (χ0) is 18.5. The fourth-order valence-corrected chi connectivity index (χ4v) is 3.75. The topological polar surface area (TPSA) is 68.3 Å². The lowest BCUT2D eigenvalue weighted by Crippen LogP contribution is -2.28. The molecule has 2 aromatic rings. The van der Waals surface area contributed by atoms with Crippen LogP contribution in [0.1, 0.15) is 19.3 Å². The number of hydrogen-bond acceptors (Lipinski definition) is 5. The number of halogens is 1. The summed E-state index contributed by atoms with van der Waals surface area (Å²) in [6.45, 7) is 2.91. The van der Waals surface area contributed by atoms with Crippen LogP contribution in [0.3, 0.4) is 0 Å². The molecule has 0 unspecified atom stereocenters. The molecule has 0 atom stereocenters. The van der Waals surface area contributed by atoms with Gasteiger partial charge in [-0.25, -0.2) is 0 Å². The lowest BCUT2D eigenvalue weighted by atomic mass is 9.94. The second kappa shape index (κ2) is 9.92. The molecule has 0 saturated carbocycles. The molecule has 27 heavy (non-hydrogen) atoms. The van der Waals surface area contributed by atoms with Crippen LogP contribution in [0.4, 0.5) is 0 Å². The third-order valence-corrected chi connectivity index (χ3v) is 5.26. The van der Waals surface area contributed by atoms with Gasteiger partial charge >= 0.3 is 0 Å². The third kappa shape index (κ3) is 5.12. The molecule has 1 aliphatic rings. The molecule has 1 fully saturated rings. The van der Waals surface area contributed by atoms with Gasteiger partial charge in [-0.3, -0.25) is 9.78 Å². The van der Waals surface area contributed by atoms with E-state index in [0.717, 1.165) is 37.3 Å². The Morgan fingerprint density at radius 3 is 2.59 bits per heavy atom. The quantitative estimate of drug-likeness (QED) is 0.713. The summed E-state index contributed by atoms with van der Waals surface area (Å²) >= 11 is 5.45. The summed E-state index contributed by atoms with van der Waals surface area (Å²) in [5, 5.41) is 3.39. The maximum absolute atomic E-state index is 12.1. The van der Waals surface area contributed by atoms with Crippen LogP contribution in [0.2, 0.25) is 0 Å². The zero-order valence-corrected chi connectivity index (χ0v) is 17.3. The van der Waals surface area contributed by atoms with Crippen LogP contribution in [0, 0.1) is 10.7 Å². The largest absolute Gasteiger partial charge is 0.497 e. The Balaban J connectivity index is 0.00000261. The van der Waals surface area contributed by atoms with Crippen LogP contribution >= 0.6 is 24.6 Å². The summed E-state index contributed by atoms with van der Waals surface area (Å²) in [4.78, 5) is 14.8. The number of benzene rings is 1. The van der Waals surface area contributed by atoms with E-state index in [2.05, 4.69) is 10.3 Å². The van der Waals surface area contributed by atoms with E-state index in [0.29, 0.717) is 22.2 Å². The summed E-state index contributed by atoms with van der Waals surface area (Å²) in [6, 6.07) is 7.17. The van der Waals surface area contributed by atoms with Crippen LogP contribution in [0.25, 0.3) is 11.3 Å². The van der Waals surface area contributed by atoms with Crippen molar-refractivity contribution in [3.05, 3.63) is 39.4 Å². The minimum Gasteiger partial charge on any atom is -0.497 e. The van der Waals surface area contributed by atoms with Gasteiger partial charge in [0.25, 0.3) is 5.56 Å². The number of rotatable bonds is 6. The highest BCUT2D eigenvalue weighted by molar-refractivity contribution is 7.71. The Morgan fingerprint density at radius 1 is 1.19 bits per heavy atom. The smallest absolute Gasteiger partial charge is 0.252 e. The molecule has 0 aliphatic carbocycles. The molecule has 0 amide bonds. The number of aromatic amines is 1. The lowest BCUT2D eigenvalue weighted by molar-refractivity contribution is 0.337. The molecule has 2 N–H and O–H groups in total.